The second-order valence-electron chi connectivity index (χ2n) is 28.7. The zero-order chi connectivity index (χ0) is 76.6. The van der Waals surface area contributed by atoms with Gasteiger partial charge >= 0.3 is 0 Å². The smallest absolute Gasteiger partial charge is 0.213 e. The molecule has 0 radical (unpaired) electrons. The zero-order valence-electron chi connectivity index (χ0n) is 62.1. The first kappa shape index (κ1) is 67.0. The van der Waals surface area contributed by atoms with Gasteiger partial charge in [0, 0.05) is 61.6 Å². The lowest BCUT2D eigenvalue weighted by molar-refractivity contribution is 0.658. The molecular weight excluding hydrogens is 1430 g/mol. The van der Waals surface area contributed by atoms with E-state index in [-0.39, 0.29) is 0 Å². The van der Waals surface area contributed by atoms with Crippen LogP contribution in [0, 0.1) is 0 Å². The number of benzene rings is 13. The molecule has 11 aromatic heterocycles. The molecule has 116 heavy (non-hydrogen) atoms. The predicted molar refractivity (Wildman–Crippen MR) is 468 cm³/mol. The Hall–Kier alpha value is -16.0. The van der Waals surface area contributed by atoms with E-state index in [1.807, 2.05) is 158 Å². The summed E-state index contributed by atoms with van der Waals surface area (Å²) in [7, 11) is 0. The second kappa shape index (κ2) is 28.1. The molecule has 0 aliphatic heterocycles. The molecule has 0 bridgehead atoms. The quantitative estimate of drug-likeness (QED) is 0.130. The summed E-state index contributed by atoms with van der Waals surface area (Å²) in [5.74, 6) is 1.45. The fraction of sp³-hybridized carbons (Fsp3) is 0. The van der Waals surface area contributed by atoms with Gasteiger partial charge in [-0.15, -0.1) is 0 Å². The van der Waals surface area contributed by atoms with Gasteiger partial charge in [0.25, 0.3) is 0 Å². The fourth-order valence-corrected chi connectivity index (χ4v) is 16.5. The molecule has 0 spiro atoms. The van der Waals surface area contributed by atoms with Crippen LogP contribution in [0.3, 0.4) is 0 Å². The van der Waals surface area contributed by atoms with E-state index in [1.54, 1.807) is 12.4 Å². The highest BCUT2D eigenvalue weighted by Gasteiger charge is 2.25. The van der Waals surface area contributed by atoms with Crippen molar-refractivity contribution in [2.24, 2.45) is 0 Å². The summed E-state index contributed by atoms with van der Waals surface area (Å²) in [4.78, 5) is 33.8. The molecule has 0 aliphatic carbocycles. The van der Waals surface area contributed by atoms with E-state index in [1.165, 1.54) is 10.8 Å². The highest BCUT2D eigenvalue weighted by Crippen LogP contribution is 2.45. The topological polar surface area (TPSA) is 143 Å². The van der Waals surface area contributed by atoms with Crippen LogP contribution in [0.15, 0.2) is 402 Å². The Kier molecular flexibility index (Phi) is 16.2. The fourth-order valence-electron chi connectivity index (χ4n) is 16.5. The lowest BCUT2D eigenvalue weighted by Gasteiger charge is -2.10. The van der Waals surface area contributed by atoms with Crippen molar-refractivity contribution in [1.82, 2.24) is 48.1 Å². The summed E-state index contributed by atoms with van der Waals surface area (Å²) in [6.07, 6.45) is 3.58. The Morgan fingerprint density at radius 3 is 0.966 bits per heavy atom. The van der Waals surface area contributed by atoms with Crippen LogP contribution < -0.4 is 0 Å². The molecule has 0 saturated carbocycles. The molecule has 13 aromatic carbocycles. The Balaban J connectivity index is 0.000000106. The van der Waals surface area contributed by atoms with Gasteiger partial charge < -0.3 is 13.3 Å². The predicted octanol–water partition coefficient (Wildman–Crippen LogP) is 26.3. The van der Waals surface area contributed by atoms with E-state index in [0.717, 1.165) is 207 Å². The summed E-state index contributed by atoms with van der Waals surface area (Å²) in [5.41, 5.74) is 31.6. The molecule has 0 saturated heterocycles. The standard InChI is InChI=1S/C35H22N4O.2C34H21N3O/c1-2-12-31-26(9-1)34(35-39(31)32-13-3-4-14-33(32)40-35)24-17-15-23(16-18-24)25-21-29(27-10-5-7-19-36-27)38-30(22-25)28-11-6-8-20-37-28;1-2-11-22(12-3-1)33-35-27-17-6-4-15-25(27)32(36-33)24-14-10-13-23(21-24)31-26-16-5-7-18-28(26)37-29-19-8-9-20-30(29)38-34(31)37;1-2-10-24(11-3-1)33-35-27-14-6-4-12-25(27)32(36-33)23-20-18-22(19-21-23)31-26-13-5-7-15-28(26)37-29-16-8-9-17-30(29)38-34(31)37/h1-22H;2*1-21H. The first-order chi connectivity index (χ1) is 57.5. The van der Waals surface area contributed by atoms with Gasteiger partial charge in [-0.3, -0.25) is 23.2 Å². The average Bonchev–Trinajstić information content (AvgIpc) is 1.57. The Morgan fingerprint density at radius 1 is 0.198 bits per heavy atom. The maximum absolute atomic E-state index is 6.45. The van der Waals surface area contributed by atoms with Gasteiger partial charge in [0.15, 0.2) is 28.4 Å². The van der Waals surface area contributed by atoms with Crippen molar-refractivity contribution in [3.63, 3.8) is 0 Å². The van der Waals surface area contributed by atoms with Gasteiger partial charge in [-0.25, -0.2) is 24.9 Å². The molecule has 13 nitrogen and oxygen atoms in total. The third-order valence-electron chi connectivity index (χ3n) is 21.8. The molecule has 11 heterocycles. The van der Waals surface area contributed by atoms with Crippen LogP contribution >= 0.6 is 0 Å². The molecule has 24 rings (SSSR count). The molecule has 0 unspecified atom stereocenters. The third kappa shape index (κ3) is 11.6. The molecule has 0 atom stereocenters. The summed E-state index contributed by atoms with van der Waals surface area (Å²) in [6.45, 7) is 0. The lowest BCUT2D eigenvalue weighted by Crippen LogP contribution is -1.95. The summed E-state index contributed by atoms with van der Waals surface area (Å²) < 4.78 is 25.9. The summed E-state index contributed by atoms with van der Waals surface area (Å²) in [6, 6.07) is 129. The highest BCUT2D eigenvalue weighted by molar-refractivity contribution is 6.10. The number of aromatic nitrogens is 10. The third-order valence-corrected chi connectivity index (χ3v) is 21.8. The maximum atomic E-state index is 6.45. The molecule has 544 valence electrons. The van der Waals surface area contributed by atoms with Gasteiger partial charge in [0.2, 0.25) is 17.1 Å². The number of pyridine rings is 3. The Morgan fingerprint density at radius 2 is 0.534 bits per heavy atom. The van der Waals surface area contributed by atoms with Crippen LogP contribution in [0.5, 0.6) is 0 Å². The van der Waals surface area contributed by atoms with Crippen LogP contribution in [0.2, 0.25) is 0 Å². The van der Waals surface area contributed by atoms with Gasteiger partial charge in [0.05, 0.1) is 95.0 Å². The van der Waals surface area contributed by atoms with E-state index >= 15 is 0 Å². The number of rotatable bonds is 10. The molecule has 0 N–H and O–H groups in total. The molecule has 0 aliphatic rings. The average molecular weight is 1490 g/mol. The number of hydrogen-bond donors (Lipinski definition) is 0. The summed E-state index contributed by atoms with van der Waals surface area (Å²) >= 11 is 0. The van der Waals surface area contributed by atoms with Crippen molar-refractivity contribution >= 4 is 105 Å². The Bertz CT molecular complexity index is 7830. The minimum Gasteiger partial charge on any atom is -0.438 e. The van der Waals surface area contributed by atoms with Crippen molar-refractivity contribution in [3.8, 4) is 113 Å². The number of hydrogen-bond acceptors (Lipinski definition) is 10. The second-order valence-corrected chi connectivity index (χ2v) is 28.7. The largest absolute Gasteiger partial charge is 0.438 e. The van der Waals surface area contributed by atoms with Crippen LogP contribution in [0.4, 0.5) is 0 Å². The van der Waals surface area contributed by atoms with E-state index in [0.29, 0.717) is 0 Å². The zero-order valence-corrected chi connectivity index (χ0v) is 62.1. The lowest BCUT2D eigenvalue weighted by atomic mass is 9.98. The molecular formula is C103H64N10O3. The number of oxazole rings is 3. The normalized spacial score (nSPS) is 11.6. The van der Waals surface area contributed by atoms with Crippen molar-refractivity contribution in [1.29, 1.82) is 0 Å². The SMILES string of the molecule is c1ccc(-c2cc(-c3ccc(-c4c5ccccc5n5c4oc4ccccc45)cc3)cc(-c3ccccn3)n2)nc1.c1ccc(-c2nc(-c3ccc(-c4c5ccccc5n5c4oc4ccccc45)cc3)c3ccccc3n2)cc1.c1ccc(-c2nc(-c3cccc(-c4c5ccccc5n5c4oc4ccccc45)c3)c3ccccc3n2)cc1. The Labute approximate surface area is 663 Å². The van der Waals surface area contributed by atoms with Crippen LogP contribution in [-0.2, 0) is 0 Å². The number of fused-ring (bicyclic) bond motifs is 17. The van der Waals surface area contributed by atoms with Gasteiger partial charge in [-0.1, -0.05) is 267 Å². The van der Waals surface area contributed by atoms with E-state index in [2.05, 4.69) is 242 Å². The maximum Gasteiger partial charge on any atom is 0.213 e. The van der Waals surface area contributed by atoms with Crippen LogP contribution in [-0.4, -0.2) is 48.1 Å². The van der Waals surface area contributed by atoms with Gasteiger partial charge in [-0.2, -0.15) is 0 Å². The number of para-hydroxylation sites is 11. The molecule has 13 heteroatoms. The van der Waals surface area contributed by atoms with Gasteiger partial charge in [0.1, 0.15) is 0 Å². The van der Waals surface area contributed by atoms with Crippen LogP contribution in [0.1, 0.15) is 0 Å². The highest BCUT2D eigenvalue weighted by atomic mass is 16.4. The molecule has 0 amide bonds. The monoisotopic (exact) mass is 1490 g/mol. The summed E-state index contributed by atoms with van der Waals surface area (Å²) in [5, 5.41) is 5.56. The van der Waals surface area contributed by atoms with E-state index in [4.69, 9.17) is 38.2 Å². The van der Waals surface area contributed by atoms with E-state index < -0.39 is 0 Å². The minimum absolute atomic E-state index is 0.721. The minimum atomic E-state index is 0.721. The van der Waals surface area contributed by atoms with Crippen molar-refractivity contribution in [2.45, 2.75) is 0 Å². The number of nitrogens with zero attached hydrogens (tertiary/aromatic N) is 10. The molecule has 24 aromatic rings. The van der Waals surface area contributed by atoms with Crippen LogP contribution in [0.25, 0.3) is 218 Å². The first-order valence-corrected chi connectivity index (χ1v) is 38.6. The first-order valence-electron chi connectivity index (χ1n) is 38.6. The molecule has 0 fully saturated rings. The van der Waals surface area contributed by atoms with Crippen molar-refractivity contribution < 1.29 is 13.3 Å². The van der Waals surface area contributed by atoms with E-state index in [9.17, 15) is 0 Å². The van der Waals surface area contributed by atoms with Crippen molar-refractivity contribution in [3.05, 3.63) is 389 Å². The van der Waals surface area contributed by atoms with Gasteiger partial charge in [-0.05, 0) is 137 Å². The van der Waals surface area contributed by atoms with Crippen molar-refractivity contribution in [2.75, 3.05) is 0 Å².